The van der Waals surface area contributed by atoms with E-state index in [1.165, 1.54) is 12.1 Å². The Morgan fingerprint density at radius 3 is 3.00 bits per heavy atom. The molecule has 2 N–H and O–H groups in total. The molecule has 0 spiro atoms. The van der Waals surface area contributed by atoms with Crippen molar-refractivity contribution < 1.29 is 13.9 Å². The van der Waals surface area contributed by atoms with E-state index in [0.717, 1.165) is 10.9 Å². The molecule has 0 saturated heterocycles. The Bertz CT molecular complexity index is 785. The van der Waals surface area contributed by atoms with Gasteiger partial charge in [-0.25, -0.2) is 4.39 Å². The van der Waals surface area contributed by atoms with Crippen LogP contribution in [0.1, 0.15) is 0 Å². The molecule has 0 fully saturated rings. The SMILES string of the molecule is O=C(COc1ccccc1F)Nc1ccc2cn[nH]c2c1. The summed E-state index contributed by atoms with van der Waals surface area (Å²) in [5, 5.41) is 10.4. The molecule has 1 amide bonds. The van der Waals surface area contributed by atoms with E-state index in [1.54, 1.807) is 30.5 Å². The predicted octanol–water partition coefficient (Wildman–Crippen LogP) is 2.72. The summed E-state index contributed by atoms with van der Waals surface area (Å²) >= 11 is 0. The van der Waals surface area contributed by atoms with Gasteiger partial charge in [0.15, 0.2) is 18.2 Å². The number of halogens is 1. The van der Waals surface area contributed by atoms with Crippen molar-refractivity contribution in [2.75, 3.05) is 11.9 Å². The molecule has 1 aromatic heterocycles. The molecule has 0 bridgehead atoms. The zero-order valence-electron chi connectivity index (χ0n) is 11.0. The maximum Gasteiger partial charge on any atom is 0.262 e. The number of ether oxygens (including phenoxy) is 1. The molecule has 1 heterocycles. The summed E-state index contributed by atoms with van der Waals surface area (Å²) in [6, 6.07) is 11.3. The maximum absolute atomic E-state index is 13.3. The number of hydrogen-bond acceptors (Lipinski definition) is 3. The van der Waals surface area contributed by atoms with Crippen LogP contribution in [0.3, 0.4) is 0 Å². The second kappa shape index (κ2) is 5.62. The van der Waals surface area contributed by atoms with Crippen LogP contribution >= 0.6 is 0 Å². The first-order valence-electron chi connectivity index (χ1n) is 6.33. The number of aromatic nitrogens is 2. The highest BCUT2D eigenvalue weighted by atomic mass is 19.1. The van der Waals surface area contributed by atoms with Gasteiger partial charge in [-0.05, 0) is 30.3 Å². The van der Waals surface area contributed by atoms with Crippen molar-refractivity contribution in [2.24, 2.45) is 0 Å². The third-order valence-electron chi connectivity index (χ3n) is 2.92. The third kappa shape index (κ3) is 3.00. The number of H-pyrrole nitrogens is 1. The number of carbonyl (C=O) groups excluding carboxylic acids is 1. The Labute approximate surface area is 119 Å². The lowest BCUT2D eigenvalue weighted by molar-refractivity contribution is -0.118. The molecular formula is C15H12FN3O2. The van der Waals surface area contributed by atoms with Crippen LogP contribution < -0.4 is 10.1 Å². The topological polar surface area (TPSA) is 67.0 Å². The first-order valence-corrected chi connectivity index (χ1v) is 6.33. The molecule has 6 heteroatoms. The van der Waals surface area contributed by atoms with Gasteiger partial charge in [0, 0.05) is 11.1 Å². The molecule has 106 valence electrons. The van der Waals surface area contributed by atoms with Gasteiger partial charge in [0.2, 0.25) is 0 Å². The van der Waals surface area contributed by atoms with E-state index < -0.39 is 5.82 Å². The Morgan fingerprint density at radius 2 is 2.14 bits per heavy atom. The van der Waals surface area contributed by atoms with E-state index in [0.29, 0.717) is 5.69 Å². The van der Waals surface area contributed by atoms with Crippen molar-refractivity contribution in [3.63, 3.8) is 0 Å². The Kier molecular flexibility index (Phi) is 3.51. The van der Waals surface area contributed by atoms with Gasteiger partial charge < -0.3 is 10.1 Å². The van der Waals surface area contributed by atoms with Crippen LogP contribution in [0.4, 0.5) is 10.1 Å². The summed E-state index contributed by atoms with van der Waals surface area (Å²) in [5.74, 6) is -0.807. The quantitative estimate of drug-likeness (QED) is 0.774. The van der Waals surface area contributed by atoms with Gasteiger partial charge in [-0.3, -0.25) is 9.89 Å². The minimum atomic E-state index is -0.496. The molecule has 2 aromatic carbocycles. The molecule has 0 atom stereocenters. The number of carbonyl (C=O) groups is 1. The number of benzene rings is 2. The zero-order valence-corrected chi connectivity index (χ0v) is 11.0. The van der Waals surface area contributed by atoms with Gasteiger partial charge in [0.05, 0.1) is 11.7 Å². The number of rotatable bonds is 4. The number of aromatic amines is 1. The molecule has 5 nitrogen and oxygen atoms in total. The van der Waals surface area contributed by atoms with Crippen molar-refractivity contribution >= 4 is 22.5 Å². The average Bonchev–Trinajstić information content (AvgIpc) is 2.94. The van der Waals surface area contributed by atoms with Crippen molar-refractivity contribution in [3.05, 3.63) is 54.5 Å². The van der Waals surface area contributed by atoms with E-state index in [-0.39, 0.29) is 18.3 Å². The average molecular weight is 285 g/mol. The van der Waals surface area contributed by atoms with Crippen LogP contribution in [0.15, 0.2) is 48.7 Å². The van der Waals surface area contributed by atoms with Gasteiger partial charge in [-0.2, -0.15) is 5.10 Å². The third-order valence-corrected chi connectivity index (χ3v) is 2.92. The molecule has 0 unspecified atom stereocenters. The number of anilines is 1. The fourth-order valence-electron chi connectivity index (χ4n) is 1.92. The lowest BCUT2D eigenvalue weighted by Gasteiger charge is -2.08. The van der Waals surface area contributed by atoms with Gasteiger partial charge in [0.25, 0.3) is 5.91 Å². The Balaban J connectivity index is 1.62. The lowest BCUT2D eigenvalue weighted by atomic mass is 10.2. The van der Waals surface area contributed by atoms with E-state index in [1.807, 2.05) is 6.07 Å². The smallest absolute Gasteiger partial charge is 0.262 e. The van der Waals surface area contributed by atoms with Crippen LogP contribution in [0.5, 0.6) is 5.75 Å². The molecule has 3 rings (SSSR count). The second-order valence-corrected chi connectivity index (χ2v) is 4.44. The summed E-state index contributed by atoms with van der Waals surface area (Å²) in [5.41, 5.74) is 1.44. The number of hydrogen-bond donors (Lipinski definition) is 2. The molecule has 0 aliphatic carbocycles. The molecule has 0 radical (unpaired) electrons. The summed E-state index contributed by atoms with van der Waals surface area (Å²) in [7, 11) is 0. The number of amides is 1. The largest absolute Gasteiger partial charge is 0.481 e. The van der Waals surface area contributed by atoms with E-state index in [9.17, 15) is 9.18 Å². The van der Waals surface area contributed by atoms with Gasteiger partial charge >= 0.3 is 0 Å². The second-order valence-electron chi connectivity index (χ2n) is 4.44. The number of nitrogens with zero attached hydrogens (tertiary/aromatic N) is 1. The summed E-state index contributed by atoms with van der Waals surface area (Å²) in [6.07, 6.45) is 1.70. The van der Waals surface area contributed by atoms with Gasteiger partial charge in [0.1, 0.15) is 0 Å². The lowest BCUT2D eigenvalue weighted by Crippen LogP contribution is -2.20. The number of nitrogens with one attached hydrogen (secondary N) is 2. The molecule has 0 aliphatic rings. The van der Waals surface area contributed by atoms with Crippen molar-refractivity contribution in [1.29, 1.82) is 0 Å². The van der Waals surface area contributed by atoms with E-state index >= 15 is 0 Å². The van der Waals surface area contributed by atoms with Crippen molar-refractivity contribution in [1.82, 2.24) is 10.2 Å². The maximum atomic E-state index is 13.3. The zero-order chi connectivity index (χ0) is 14.7. The summed E-state index contributed by atoms with van der Waals surface area (Å²) < 4.78 is 18.5. The molecule has 0 aliphatic heterocycles. The van der Waals surface area contributed by atoms with Crippen LogP contribution in [-0.2, 0) is 4.79 Å². The first kappa shape index (κ1) is 13.1. The van der Waals surface area contributed by atoms with E-state index in [2.05, 4.69) is 15.5 Å². The fourth-order valence-corrected chi connectivity index (χ4v) is 1.92. The standard InChI is InChI=1S/C15H12FN3O2/c16-12-3-1-2-4-14(12)21-9-15(20)18-11-6-5-10-8-17-19-13(10)7-11/h1-8H,9H2,(H,17,19)(H,18,20). The normalized spacial score (nSPS) is 10.5. The minimum absolute atomic E-state index is 0.0525. The fraction of sp³-hybridized carbons (Fsp3) is 0.0667. The van der Waals surface area contributed by atoms with Crippen LogP contribution in [-0.4, -0.2) is 22.7 Å². The highest BCUT2D eigenvalue weighted by Crippen LogP contribution is 2.17. The molecular weight excluding hydrogens is 273 g/mol. The first-order chi connectivity index (χ1) is 10.2. The van der Waals surface area contributed by atoms with Crippen molar-refractivity contribution in [3.8, 4) is 5.75 Å². The Hall–Kier alpha value is -2.89. The molecule has 21 heavy (non-hydrogen) atoms. The van der Waals surface area contributed by atoms with Gasteiger partial charge in [-0.1, -0.05) is 12.1 Å². The number of para-hydroxylation sites is 1. The van der Waals surface area contributed by atoms with Crippen LogP contribution in [0.25, 0.3) is 10.9 Å². The minimum Gasteiger partial charge on any atom is -0.481 e. The Morgan fingerprint density at radius 1 is 1.29 bits per heavy atom. The number of fused-ring (bicyclic) bond motifs is 1. The molecule has 0 saturated carbocycles. The highest BCUT2D eigenvalue weighted by Gasteiger charge is 2.07. The van der Waals surface area contributed by atoms with Crippen LogP contribution in [0, 0.1) is 5.82 Å². The van der Waals surface area contributed by atoms with E-state index in [4.69, 9.17) is 4.74 Å². The summed E-state index contributed by atoms with van der Waals surface area (Å²) in [4.78, 5) is 11.8. The van der Waals surface area contributed by atoms with Crippen LogP contribution in [0.2, 0.25) is 0 Å². The molecule has 3 aromatic rings. The summed E-state index contributed by atoms with van der Waals surface area (Å²) in [6.45, 7) is -0.262. The highest BCUT2D eigenvalue weighted by molar-refractivity contribution is 5.94. The van der Waals surface area contributed by atoms with Gasteiger partial charge in [-0.15, -0.1) is 0 Å². The monoisotopic (exact) mass is 285 g/mol. The predicted molar refractivity (Wildman–Crippen MR) is 76.6 cm³/mol. The van der Waals surface area contributed by atoms with Crippen molar-refractivity contribution in [2.45, 2.75) is 0 Å².